The van der Waals surface area contributed by atoms with Crippen molar-refractivity contribution >= 4 is 57.1 Å². The zero-order chi connectivity index (χ0) is 27.4. The number of urea groups is 1. The van der Waals surface area contributed by atoms with E-state index in [-0.39, 0.29) is 29.6 Å². The van der Waals surface area contributed by atoms with Gasteiger partial charge in [0, 0.05) is 5.69 Å². The van der Waals surface area contributed by atoms with Crippen molar-refractivity contribution in [2.75, 3.05) is 23.9 Å². The smallest absolute Gasteiger partial charge is 0.335 e. The van der Waals surface area contributed by atoms with Crippen molar-refractivity contribution in [1.82, 2.24) is 5.32 Å². The lowest BCUT2D eigenvalue weighted by Gasteiger charge is -2.26. The van der Waals surface area contributed by atoms with Gasteiger partial charge < -0.3 is 14.8 Å². The number of barbiturate groups is 1. The van der Waals surface area contributed by atoms with Gasteiger partial charge in [-0.1, -0.05) is 30.3 Å². The highest BCUT2D eigenvalue weighted by Gasteiger charge is 2.36. The number of anilines is 2. The van der Waals surface area contributed by atoms with Gasteiger partial charge >= 0.3 is 6.03 Å². The number of aryl methyl sites for hydroxylation is 2. The molecule has 0 aliphatic carbocycles. The number of carbonyl (C=O) groups excluding carboxylic acids is 4. The number of hydrogen-bond donors (Lipinski definition) is 2. The van der Waals surface area contributed by atoms with Crippen molar-refractivity contribution in [1.29, 1.82) is 0 Å². The maximum Gasteiger partial charge on any atom is 0.335 e. The van der Waals surface area contributed by atoms with E-state index in [0.29, 0.717) is 21.4 Å². The average molecular weight is 578 g/mol. The van der Waals surface area contributed by atoms with E-state index in [2.05, 4.69) is 26.6 Å². The lowest BCUT2D eigenvalue weighted by atomic mass is 10.1. The lowest BCUT2D eigenvalue weighted by Crippen LogP contribution is -2.54. The third kappa shape index (κ3) is 5.76. The summed E-state index contributed by atoms with van der Waals surface area (Å²) in [5.41, 5.74) is 3.17. The number of methoxy groups -OCH3 is 1. The molecule has 1 heterocycles. The van der Waals surface area contributed by atoms with Crippen LogP contribution in [-0.4, -0.2) is 37.5 Å². The Labute approximate surface area is 227 Å². The minimum absolute atomic E-state index is 0.232. The first-order chi connectivity index (χ1) is 18.2. The van der Waals surface area contributed by atoms with Crippen LogP contribution in [-0.2, 0) is 14.4 Å². The van der Waals surface area contributed by atoms with E-state index < -0.39 is 17.8 Å². The number of halogens is 1. The van der Waals surface area contributed by atoms with Crippen LogP contribution in [0.5, 0.6) is 11.5 Å². The van der Waals surface area contributed by atoms with E-state index in [4.69, 9.17) is 9.47 Å². The van der Waals surface area contributed by atoms with Crippen molar-refractivity contribution in [3.05, 3.63) is 87.4 Å². The van der Waals surface area contributed by atoms with Crippen LogP contribution in [0.25, 0.3) is 6.08 Å². The van der Waals surface area contributed by atoms with Gasteiger partial charge in [0.15, 0.2) is 18.1 Å². The predicted molar refractivity (Wildman–Crippen MR) is 146 cm³/mol. The molecule has 0 atom stereocenters. The highest BCUT2D eigenvalue weighted by molar-refractivity contribution is 9.10. The molecule has 10 heteroatoms. The van der Waals surface area contributed by atoms with Gasteiger partial charge in [-0.05, 0) is 82.9 Å². The molecule has 194 valence electrons. The van der Waals surface area contributed by atoms with Gasteiger partial charge in [0.05, 0.1) is 17.3 Å². The molecule has 9 nitrogen and oxygen atoms in total. The summed E-state index contributed by atoms with van der Waals surface area (Å²) in [7, 11) is 1.43. The SMILES string of the molecule is COc1cc(/C=C2/C(=O)NC(=O)N(c3ccccc3)C2=O)cc(Br)c1OCC(=O)Nc1cc(C)ccc1C. The van der Waals surface area contributed by atoms with Gasteiger partial charge in [0.25, 0.3) is 17.7 Å². The summed E-state index contributed by atoms with van der Waals surface area (Å²) in [6, 6.07) is 16.4. The minimum Gasteiger partial charge on any atom is -0.493 e. The molecule has 3 aromatic carbocycles. The second-order valence-corrected chi connectivity index (χ2v) is 9.34. The fourth-order valence-corrected chi connectivity index (χ4v) is 4.37. The summed E-state index contributed by atoms with van der Waals surface area (Å²) < 4.78 is 11.6. The number of nitrogens with zero attached hydrogens (tertiary/aromatic N) is 1. The van der Waals surface area contributed by atoms with Crippen LogP contribution in [0.1, 0.15) is 16.7 Å². The minimum atomic E-state index is -0.829. The quantitative estimate of drug-likeness (QED) is 0.309. The first kappa shape index (κ1) is 26.6. The van der Waals surface area contributed by atoms with Crippen LogP contribution < -0.4 is 25.0 Å². The zero-order valence-corrected chi connectivity index (χ0v) is 22.4. The van der Waals surface area contributed by atoms with Crippen molar-refractivity contribution in [2.24, 2.45) is 0 Å². The molecule has 0 spiro atoms. The fourth-order valence-electron chi connectivity index (χ4n) is 3.79. The van der Waals surface area contributed by atoms with Crippen molar-refractivity contribution < 1.29 is 28.7 Å². The van der Waals surface area contributed by atoms with E-state index in [1.807, 2.05) is 32.0 Å². The largest absolute Gasteiger partial charge is 0.493 e. The second kappa shape index (κ2) is 11.3. The fraction of sp³-hybridized carbons (Fsp3) is 0.143. The Hall–Kier alpha value is -4.44. The van der Waals surface area contributed by atoms with E-state index in [0.717, 1.165) is 16.0 Å². The van der Waals surface area contributed by atoms with Crippen LogP contribution in [0.15, 0.2) is 70.7 Å². The van der Waals surface area contributed by atoms with Crippen LogP contribution in [0.3, 0.4) is 0 Å². The van der Waals surface area contributed by atoms with E-state index in [1.165, 1.54) is 13.2 Å². The highest BCUT2D eigenvalue weighted by Crippen LogP contribution is 2.37. The normalized spacial score (nSPS) is 14.4. The number of para-hydroxylation sites is 1. The average Bonchev–Trinajstić information content (AvgIpc) is 2.88. The number of imide groups is 2. The number of carbonyl (C=O) groups is 4. The molecule has 0 bridgehead atoms. The zero-order valence-electron chi connectivity index (χ0n) is 20.8. The number of hydrogen-bond acceptors (Lipinski definition) is 6. The van der Waals surface area contributed by atoms with E-state index >= 15 is 0 Å². The van der Waals surface area contributed by atoms with Crippen LogP contribution in [0, 0.1) is 13.8 Å². The number of rotatable bonds is 7. The predicted octanol–water partition coefficient (Wildman–Crippen LogP) is 4.76. The Kier molecular flexibility index (Phi) is 7.92. The molecule has 0 unspecified atom stereocenters. The monoisotopic (exact) mass is 577 g/mol. The second-order valence-electron chi connectivity index (χ2n) is 8.48. The van der Waals surface area contributed by atoms with Gasteiger partial charge in [-0.25, -0.2) is 9.69 Å². The van der Waals surface area contributed by atoms with Crippen molar-refractivity contribution in [3.8, 4) is 11.5 Å². The molecule has 1 aliphatic rings. The first-order valence-corrected chi connectivity index (χ1v) is 12.3. The van der Waals surface area contributed by atoms with Crippen LogP contribution in [0.2, 0.25) is 0 Å². The Morgan fingerprint density at radius 3 is 2.50 bits per heavy atom. The molecular weight excluding hydrogens is 554 g/mol. The lowest BCUT2D eigenvalue weighted by molar-refractivity contribution is -0.122. The Morgan fingerprint density at radius 2 is 1.79 bits per heavy atom. The molecule has 0 radical (unpaired) electrons. The van der Waals surface area contributed by atoms with Gasteiger partial charge in [0.2, 0.25) is 0 Å². The van der Waals surface area contributed by atoms with Gasteiger partial charge in [-0.15, -0.1) is 0 Å². The summed E-state index contributed by atoms with van der Waals surface area (Å²) in [4.78, 5) is 51.4. The summed E-state index contributed by atoms with van der Waals surface area (Å²) in [6.07, 6.45) is 1.35. The summed E-state index contributed by atoms with van der Waals surface area (Å²) in [5.74, 6) is -1.39. The Morgan fingerprint density at radius 1 is 1.05 bits per heavy atom. The third-order valence-electron chi connectivity index (χ3n) is 5.69. The summed E-state index contributed by atoms with van der Waals surface area (Å²) >= 11 is 3.41. The molecule has 38 heavy (non-hydrogen) atoms. The molecule has 1 aliphatic heterocycles. The van der Waals surface area contributed by atoms with Crippen molar-refractivity contribution in [3.63, 3.8) is 0 Å². The van der Waals surface area contributed by atoms with E-state index in [1.54, 1.807) is 42.5 Å². The van der Waals surface area contributed by atoms with Gasteiger partial charge in [-0.3, -0.25) is 19.7 Å². The maximum absolute atomic E-state index is 13.1. The maximum atomic E-state index is 13.1. The number of amides is 5. The summed E-state index contributed by atoms with van der Waals surface area (Å²) in [6.45, 7) is 3.55. The molecular formula is C28H24BrN3O6. The summed E-state index contributed by atoms with van der Waals surface area (Å²) in [5, 5.41) is 5.02. The number of ether oxygens (including phenoxy) is 2. The number of benzene rings is 3. The molecule has 5 amide bonds. The molecule has 0 aromatic heterocycles. The molecule has 2 N–H and O–H groups in total. The Balaban J connectivity index is 1.55. The topological polar surface area (TPSA) is 114 Å². The van der Waals surface area contributed by atoms with Crippen LogP contribution in [0.4, 0.5) is 16.2 Å². The van der Waals surface area contributed by atoms with Gasteiger partial charge in [-0.2, -0.15) is 0 Å². The molecule has 3 aromatic rings. The molecule has 1 saturated heterocycles. The molecule has 4 rings (SSSR count). The first-order valence-electron chi connectivity index (χ1n) is 11.5. The third-order valence-corrected chi connectivity index (χ3v) is 6.28. The van der Waals surface area contributed by atoms with Crippen molar-refractivity contribution in [2.45, 2.75) is 13.8 Å². The number of nitrogens with one attached hydrogen (secondary N) is 2. The molecule has 0 saturated carbocycles. The van der Waals surface area contributed by atoms with Gasteiger partial charge in [0.1, 0.15) is 5.57 Å². The standard InChI is InChI=1S/C28H24BrN3O6/c1-16-9-10-17(2)22(11-16)30-24(33)15-38-25-21(29)13-18(14-23(25)37-3)12-20-26(34)31-28(36)32(27(20)35)19-7-5-4-6-8-19/h4-14H,15H2,1-3H3,(H,30,33)(H,31,34,36)/b20-12-. The highest BCUT2D eigenvalue weighted by atomic mass is 79.9. The molecule has 1 fully saturated rings. The Bertz CT molecular complexity index is 1470. The van der Waals surface area contributed by atoms with Crippen LogP contribution >= 0.6 is 15.9 Å². The van der Waals surface area contributed by atoms with E-state index in [9.17, 15) is 19.2 Å².